The normalized spacial score (nSPS) is 12.0. The smallest absolute Gasteiger partial charge is 0.372 e. The van der Waals surface area contributed by atoms with Crippen LogP contribution in [0.2, 0.25) is 0 Å². The van der Waals surface area contributed by atoms with Gasteiger partial charge < -0.3 is 10.1 Å². The largest absolute Gasteiger partial charge is 0.411 e. The predicted molar refractivity (Wildman–Crippen MR) is 49.7 cm³/mol. The molecule has 6 heteroatoms. The quantitative estimate of drug-likeness (QED) is 0.513. The number of ether oxygens (including phenoxy) is 1. The van der Waals surface area contributed by atoms with Crippen LogP contribution in [-0.4, -0.2) is 38.4 Å². The van der Waals surface area contributed by atoms with Gasteiger partial charge in [0.2, 0.25) is 0 Å². The van der Waals surface area contributed by atoms with Crippen molar-refractivity contribution < 1.29 is 17.9 Å². The van der Waals surface area contributed by atoms with Crippen molar-refractivity contribution in [2.24, 2.45) is 0 Å². The lowest BCUT2D eigenvalue weighted by Gasteiger charge is -2.07. The van der Waals surface area contributed by atoms with Crippen LogP contribution >= 0.6 is 11.6 Å². The number of hydrogen-bond acceptors (Lipinski definition) is 2. The first kappa shape index (κ1) is 14.0. The SMILES string of the molecule is FC(F)(F)COCCCNCCCCl. The van der Waals surface area contributed by atoms with Gasteiger partial charge in [-0.15, -0.1) is 11.6 Å². The minimum Gasteiger partial charge on any atom is -0.372 e. The zero-order valence-corrected chi connectivity index (χ0v) is 8.63. The Hall–Kier alpha value is 0. The first-order valence-electron chi connectivity index (χ1n) is 4.47. The highest BCUT2D eigenvalue weighted by Gasteiger charge is 2.26. The minimum atomic E-state index is -4.22. The third-order valence-corrected chi connectivity index (χ3v) is 1.66. The van der Waals surface area contributed by atoms with Crippen molar-refractivity contribution in [1.29, 1.82) is 0 Å². The van der Waals surface area contributed by atoms with Gasteiger partial charge in [0, 0.05) is 12.5 Å². The molecule has 0 saturated carbocycles. The highest BCUT2D eigenvalue weighted by Crippen LogP contribution is 2.14. The third-order valence-electron chi connectivity index (χ3n) is 1.40. The molecule has 0 amide bonds. The van der Waals surface area contributed by atoms with E-state index in [-0.39, 0.29) is 6.61 Å². The van der Waals surface area contributed by atoms with E-state index < -0.39 is 12.8 Å². The standard InChI is InChI=1S/C8H15ClF3NO/c9-3-1-4-13-5-2-6-14-7-8(10,11)12/h13H,1-7H2. The van der Waals surface area contributed by atoms with Crippen LogP contribution in [0, 0.1) is 0 Å². The molecule has 0 saturated heterocycles. The second-order valence-corrected chi connectivity index (χ2v) is 3.19. The lowest BCUT2D eigenvalue weighted by molar-refractivity contribution is -0.173. The third kappa shape index (κ3) is 12.0. The Bertz CT molecular complexity index is 132. The summed E-state index contributed by atoms with van der Waals surface area (Å²) in [7, 11) is 0. The summed E-state index contributed by atoms with van der Waals surface area (Å²) in [5, 5.41) is 3.04. The number of alkyl halides is 4. The average molecular weight is 234 g/mol. The number of rotatable bonds is 8. The molecule has 1 N–H and O–H groups in total. The van der Waals surface area contributed by atoms with Gasteiger partial charge in [0.15, 0.2) is 0 Å². The van der Waals surface area contributed by atoms with Gasteiger partial charge in [-0.2, -0.15) is 13.2 Å². The van der Waals surface area contributed by atoms with E-state index in [9.17, 15) is 13.2 Å². The van der Waals surface area contributed by atoms with Crippen LogP contribution in [0.25, 0.3) is 0 Å². The summed E-state index contributed by atoms with van der Waals surface area (Å²) in [6, 6.07) is 0. The summed E-state index contributed by atoms with van der Waals surface area (Å²) in [4.78, 5) is 0. The summed E-state index contributed by atoms with van der Waals surface area (Å²) >= 11 is 5.42. The van der Waals surface area contributed by atoms with Crippen LogP contribution in [0.1, 0.15) is 12.8 Å². The average Bonchev–Trinajstić information content (AvgIpc) is 2.08. The molecule has 2 nitrogen and oxygen atoms in total. The zero-order chi connectivity index (χ0) is 10.9. The monoisotopic (exact) mass is 233 g/mol. The Morgan fingerprint density at radius 2 is 1.79 bits per heavy atom. The summed E-state index contributed by atoms with van der Waals surface area (Å²) in [5.74, 6) is 0.595. The Labute approximate surface area is 86.8 Å². The molecule has 0 aromatic carbocycles. The van der Waals surface area contributed by atoms with Crippen molar-refractivity contribution in [3.63, 3.8) is 0 Å². The summed E-state index contributed by atoms with van der Waals surface area (Å²) < 4.78 is 39.1. The highest BCUT2D eigenvalue weighted by atomic mass is 35.5. The van der Waals surface area contributed by atoms with Gasteiger partial charge in [0.1, 0.15) is 6.61 Å². The first-order chi connectivity index (χ1) is 6.56. The molecule has 0 radical (unpaired) electrons. The molecular weight excluding hydrogens is 219 g/mol. The van der Waals surface area contributed by atoms with E-state index >= 15 is 0 Å². The van der Waals surface area contributed by atoms with Crippen molar-refractivity contribution >= 4 is 11.6 Å². The molecule has 0 aliphatic rings. The fourth-order valence-corrected chi connectivity index (χ4v) is 0.938. The van der Waals surface area contributed by atoms with Crippen LogP contribution < -0.4 is 5.32 Å². The van der Waals surface area contributed by atoms with E-state index in [1.165, 1.54) is 0 Å². The molecular formula is C8H15ClF3NO. The molecule has 0 fully saturated rings. The molecule has 0 aliphatic carbocycles. The molecule has 0 unspecified atom stereocenters. The Kier molecular flexibility index (Phi) is 8.32. The molecule has 0 aromatic rings. The van der Waals surface area contributed by atoms with E-state index in [0.29, 0.717) is 18.8 Å². The molecule has 0 atom stereocenters. The lowest BCUT2D eigenvalue weighted by atomic mass is 10.4. The van der Waals surface area contributed by atoms with Crippen molar-refractivity contribution in [2.75, 3.05) is 32.2 Å². The molecule has 0 heterocycles. The van der Waals surface area contributed by atoms with Crippen LogP contribution in [0.3, 0.4) is 0 Å². The predicted octanol–water partition coefficient (Wildman–Crippen LogP) is 2.17. The Morgan fingerprint density at radius 3 is 2.36 bits per heavy atom. The van der Waals surface area contributed by atoms with Gasteiger partial charge >= 0.3 is 6.18 Å². The fraction of sp³-hybridized carbons (Fsp3) is 1.00. The van der Waals surface area contributed by atoms with Gasteiger partial charge in [-0.25, -0.2) is 0 Å². The van der Waals surface area contributed by atoms with Gasteiger partial charge in [0.05, 0.1) is 0 Å². The second-order valence-electron chi connectivity index (χ2n) is 2.81. The van der Waals surface area contributed by atoms with Gasteiger partial charge in [-0.1, -0.05) is 0 Å². The second kappa shape index (κ2) is 8.32. The summed E-state index contributed by atoms with van der Waals surface area (Å²) in [5.41, 5.74) is 0. The van der Waals surface area contributed by atoms with E-state index in [1.54, 1.807) is 0 Å². The van der Waals surface area contributed by atoms with E-state index in [1.807, 2.05) is 0 Å². The van der Waals surface area contributed by atoms with Crippen LogP contribution in [0.4, 0.5) is 13.2 Å². The number of nitrogens with one attached hydrogen (secondary N) is 1. The van der Waals surface area contributed by atoms with Crippen LogP contribution in [-0.2, 0) is 4.74 Å². The van der Waals surface area contributed by atoms with Crippen LogP contribution in [0.5, 0.6) is 0 Å². The molecule has 0 aromatic heterocycles. The number of halogens is 4. The van der Waals surface area contributed by atoms with Gasteiger partial charge in [-0.05, 0) is 25.9 Å². The maximum absolute atomic E-state index is 11.6. The molecule has 0 rings (SSSR count). The lowest BCUT2D eigenvalue weighted by Crippen LogP contribution is -2.21. The molecule has 86 valence electrons. The summed E-state index contributed by atoms with van der Waals surface area (Å²) in [6.45, 7) is 0.430. The van der Waals surface area contributed by atoms with Gasteiger partial charge in [0.25, 0.3) is 0 Å². The van der Waals surface area contributed by atoms with Crippen molar-refractivity contribution in [1.82, 2.24) is 5.32 Å². The van der Waals surface area contributed by atoms with Crippen LogP contribution in [0.15, 0.2) is 0 Å². The summed E-state index contributed by atoms with van der Waals surface area (Å²) in [6.07, 6.45) is -2.77. The maximum atomic E-state index is 11.6. The topological polar surface area (TPSA) is 21.3 Å². The van der Waals surface area contributed by atoms with Crippen molar-refractivity contribution in [3.8, 4) is 0 Å². The van der Waals surface area contributed by atoms with E-state index in [0.717, 1.165) is 13.0 Å². The van der Waals surface area contributed by atoms with Gasteiger partial charge in [-0.3, -0.25) is 0 Å². The van der Waals surface area contributed by atoms with Crippen molar-refractivity contribution in [3.05, 3.63) is 0 Å². The van der Waals surface area contributed by atoms with Crippen molar-refractivity contribution in [2.45, 2.75) is 19.0 Å². The number of hydrogen-bond donors (Lipinski definition) is 1. The minimum absolute atomic E-state index is 0.132. The molecule has 14 heavy (non-hydrogen) atoms. The van der Waals surface area contributed by atoms with E-state index in [4.69, 9.17) is 11.6 Å². The Balaban J connectivity index is 2.99. The molecule has 0 spiro atoms. The fourth-order valence-electron chi connectivity index (χ4n) is 0.804. The maximum Gasteiger partial charge on any atom is 0.411 e. The Morgan fingerprint density at radius 1 is 1.14 bits per heavy atom. The first-order valence-corrected chi connectivity index (χ1v) is 5.01. The highest BCUT2D eigenvalue weighted by molar-refractivity contribution is 6.17. The molecule has 0 aliphatic heterocycles. The van der Waals surface area contributed by atoms with E-state index in [2.05, 4.69) is 10.1 Å². The zero-order valence-electron chi connectivity index (χ0n) is 7.87. The molecule has 0 bridgehead atoms.